The summed E-state index contributed by atoms with van der Waals surface area (Å²) >= 11 is 10.9. The van der Waals surface area contributed by atoms with E-state index in [0.29, 0.717) is 37.1 Å². The third-order valence-electron chi connectivity index (χ3n) is 5.99. The van der Waals surface area contributed by atoms with Crippen molar-refractivity contribution in [2.75, 3.05) is 6.61 Å². The molecule has 1 aliphatic rings. The average molecular weight is 598 g/mol. The molecule has 188 valence electrons. The van der Waals surface area contributed by atoms with Crippen LogP contribution >= 0.6 is 38.9 Å². The lowest BCUT2D eigenvalue weighted by atomic mass is 9.96. The van der Waals surface area contributed by atoms with Crippen molar-refractivity contribution in [2.45, 2.75) is 26.8 Å². The Kier molecular flexibility index (Phi) is 7.07. The number of aromatic nitrogens is 1. The van der Waals surface area contributed by atoms with Crippen LogP contribution in [0, 0.1) is 6.92 Å². The fraction of sp³-hybridized carbons (Fsp3) is 0.179. The minimum Gasteiger partial charge on any atom is -0.463 e. The van der Waals surface area contributed by atoms with Gasteiger partial charge in [0, 0.05) is 21.1 Å². The molecule has 1 atom stereocenters. The Balaban J connectivity index is 1.63. The molecule has 0 aliphatic carbocycles. The van der Waals surface area contributed by atoms with Gasteiger partial charge in [0.1, 0.15) is 11.5 Å². The van der Waals surface area contributed by atoms with Gasteiger partial charge in [0.05, 0.1) is 28.5 Å². The number of allylic oxidation sites excluding steroid dienone is 1. The van der Waals surface area contributed by atoms with E-state index in [-0.39, 0.29) is 12.2 Å². The van der Waals surface area contributed by atoms with Crippen LogP contribution in [0.5, 0.6) is 0 Å². The molecule has 0 saturated carbocycles. The summed E-state index contributed by atoms with van der Waals surface area (Å²) in [6.45, 7) is 5.73. The zero-order valence-corrected chi connectivity index (χ0v) is 23.4. The molecule has 3 heterocycles. The first kappa shape index (κ1) is 25.4. The molecule has 0 amide bonds. The van der Waals surface area contributed by atoms with Crippen molar-refractivity contribution in [1.29, 1.82) is 0 Å². The predicted molar refractivity (Wildman–Crippen MR) is 148 cm³/mol. The first-order valence-electron chi connectivity index (χ1n) is 11.6. The highest BCUT2D eigenvalue weighted by molar-refractivity contribution is 9.10. The molecule has 0 N–H and O–H groups in total. The van der Waals surface area contributed by atoms with E-state index < -0.39 is 12.0 Å². The minimum atomic E-state index is -0.689. The van der Waals surface area contributed by atoms with Gasteiger partial charge < -0.3 is 9.15 Å². The number of esters is 1. The van der Waals surface area contributed by atoms with Gasteiger partial charge in [-0.15, -0.1) is 0 Å². The molecule has 1 aliphatic heterocycles. The Bertz CT molecular complexity index is 1730. The molecule has 5 rings (SSSR count). The number of carbonyl (C=O) groups excluding carboxylic acids is 1. The highest BCUT2D eigenvalue weighted by Crippen LogP contribution is 2.32. The zero-order valence-electron chi connectivity index (χ0n) is 20.2. The number of ether oxygens (including phenoxy) is 1. The number of hydrogen-bond donors (Lipinski definition) is 0. The van der Waals surface area contributed by atoms with E-state index in [1.807, 2.05) is 37.3 Å². The molecular weight excluding hydrogens is 576 g/mol. The minimum absolute atomic E-state index is 0.214. The second kappa shape index (κ2) is 10.3. The van der Waals surface area contributed by atoms with E-state index >= 15 is 0 Å². The molecule has 0 bridgehead atoms. The van der Waals surface area contributed by atoms with E-state index in [9.17, 15) is 9.59 Å². The number of rotatable bonds is 5. The van der Waals surface area contributed by atoms with Gasteiger partial charge in [-0.2, -0.15) is 0 Å². The molecular formula is C28H22BrClN2O4S. The van der Waals surface area contributed by atoms with Crippen molar-refractivity contribution in [2.24, 2.45) is 4.99 Å². The van der Waals surface area contributed by atoms with Crippen molar-refractivity contribution in [3.63, 3.8) is 0 Å². The molecule has 0 fully saturated rings. The van der Waals surface area contributed by atoms with Crippen LogP contribution in [-0.2, 0) is 9.53 Å². The zero-order chi connectivity index (χ0) is 26.3. The number of carbonyl (C=O) groups is 1. The highest BCUT2D eigenvalue weighted by Gasteiger charge is 2.33. The summed E-state index contributed by atoms with van der Waals surface area (Å²) in [5, 5.41) is 0.559. The van der Waals surface area contributed by atoms with Crippen LogP contribution in [0.2, 0.25) is 5.02 Å². The Morgan fingerprint density at radius 2 is 1.95 bits per heavy atom. The van der Waals surface area contributed by atoms with Gasteiger partial charge >= 0.3 is 5.97 Å². The Morgan fingerprint density at radius 3 is 2.65 bits per heavy atom. The third kappa shape index (κ3) is 4.89. The first-order chi connectivity index (χ1) is 17.8. The maximum absolute atomic E-state index is 13.7. The van der Waals surface area contributed by atoms with E-state index in [0.717, 1.165) is 21.2 Å². The van der Waals surface area contributed by atoms with Crippen LogP contribution < -0.4 is 14.9 Å². The smallest absolute Gasteiger partial charge is 0.338 e. The van der Waals surface area contributed by atoms with Crippen LogP contribution in [0.3, 0.4) is 0 Å². The summed E-state index contributed by atoms with van der Waals surface area (Å²) in [5.74, 6) is 0.722. The summed E-state index contributed by atoms with van der Waals surface area (Å²) in [6, 6.07) is 16.1. The van der Waals surface area contributed by atoms with Crippen molar-refractivity contribution in [1.82, 2.24) is 4.57 Å². The van der Waals surface area contributed by atoms with Crippen LogP contribution in [0.4, 0.5) is 0 Å². The molecule has 0 saturated heterocycles. The van der Waals surface area contributed by atoms with Gasteiger partial charge in [0.2, 0.25) is 0 Å². The summed E-state index contributed by atoms with van der Waals surface area (Å²) < 4.78 is 14.3. The number of halogens is 2. The molecule has 0 radical (unpaired) electrons. The second-order valence-electron chi connectivity index (χ2n) is 8.54. The topological polar surface area (TPSA) is 73.8 Å². The number of fused-ring (bicyclic) bond motifs is 1. The van der Waals surface area contributed by atoms with Gasteiger partial charge in [0.15, 0.2) is 4.80 Å². The summed E-state index contributed by atoms with van der Waals surface area (Å²) in [4.78, 5) is 31.8. The molecule has 2 aromatic heterocycles. The van der Waals surface area contributed by atoms with E-state index in [4.69, 9.17) is 20.8 Å². The van der Waals surface area contributed by atoms with Crippen molar-refractivity contribution >= 4 is 50.9 Å². The fourth-order valence-corrected chi connectivity index (χ4v) is 6.12. The van der Waals surface area contributed by atoms with Gasteiger partial charge in [-0.25, -0.2) is 9.79 Å². The molecule has 0 unspecified atom stereocenters. The van der Waals surface area contributed by atoms with Crippen LogP contribution in [-0.4, -0.2) is 17.1 Å². The number of benzene rings is 2. The maximum atomic E-state index is 13.7. The highest BCUT2D eigenvalue weighted by atomic mass is 79.9. The lowest BCUT2D eigenvalue weighted by Gasteiger charge is -2.24. The normalized spacial score (nSPS) is 15.5. The Labute approximate surface area is 230 Å². The van der Waals surface area contributed by atoms with Crippen molar-refractivity contribution in [3.8, 4) is 11.3 Å². The maximum Gasteiger partial charge on any atom is 0.338 e. The van der Waals surface area contributed by atoms with Gasteiger partial charge in [-0.3, -0.25) is 9.36 Å². The lowest BCUT2D eigenvalue weighted by Crippen LogP contribution is -2.39. The third-order valence-corrected chi connectivity index (χ3v) is 7.88. The quantitative estimate of drug-likeness (QED) is 0.273. The standard InChI is InChI=1S/C28H22BrClN2O4S/c1-4-35-27(34)24-16(3)31-28-32(25(24)17-6-8-18(30)9-7-17)26(33)23(37-28)14-19-10-12-22(36-19)20-11-5-15(2)13-21(20)29/h5-14,25H,4H2,1-3H3/b23-14-/t25-/m0/s1. The predicted octanol–water partition coefficient (Wildman–Crippen LogP) is 5.78. The first-order valence-corrected chi connectivity index (χ1v) is 13.6. The van der Waals surface area contributed by atoms with Gasteiger partial charge in [0.25, 0.3) is 5.56 Å². The number of furan rings is 1. The molecule has 4 aromatic rings. The molecule has 9 heteroatoms. The Morgan fingerprint density at radius 1 is 1.19 bits per heavy atom. The lowest BCUT2D eigenvalue weighted by molar-refractivity contribution is -0.139. The van der Waals surface area contributed by atoms with E-state index in [1.165, 1.54) is 11.3 Å². The van der Waals surface area contributed by atoms with E-state index in [1.54, 1.807) is 48.8 Å². The largest absolute Gasteiger partial charge is 0.463 e. The summed E-state index contributed by atoms with van der Waals surface area (Å²) in [7, 11) is 0. The molecule has 6 nitrogen and oxygen atoms in total. The molecule has 37 heavy (non-hydrogen) atoms. The van der Waals surface area contributed by atoms with Crippen LogP contribution in [0.25, 0.3) is 17.4 Å². The average Bonchev–Trinajstić information content (AvgIpc) is 3.43. The van der Waals surface area contributed by atoms with E-state index in [2.05, 4.69) is 20.9 Å². The van der Waals surface area contributed by atoms with Gasteiger partial charge in [-0.05, 0) is 68.3 Å². The number of aryl methyl sites for hydroxylation is 1. The summed E-state index contributed by atoms with van der Waals surface area (Å²) in [5.41, 5.74) is 3.36. The van der Waals surface area contributed by atoms with Gasteiger partial charge in [-0.1, -0.05) is 57.1 Å². The SMILES string of the molecule is CCOC(=O)C1=C(C)N=c2s/c(=C\c3ccc(-c4ccc(C)cc4Br)o3)c(=O)n2[C@H]1c1ccc(Cl)cc1. The second-order valence-corrected chi connectivity index (χ2v) is 10.8. The van der Waals surface area contributed by atoms with Crippen molar-refractivity contribution < 1.29 is 13.9 Å². The van der Waals surface area contributed by atoms with Crippen LogP contribution in [0.1, 0.15) is 36.8 Å². The van der Waals surface area contributed by atoms with Crippen molar-refractivity contribution in [3.05, 3.63) is 112 Å². The summed E-state index contributed by atoms with van der Waals surface area (Å²) in [6.07, 6.45) is 1.71. The Hall–Kier alpha value is -3.20. The molecule has 0 spiro atoms. The number of nitrogens with zero attached hydrogens (tertiary/aromatic N) is 2. The van der Waals surface area contributed by atoms with Crippen LogP contribution in [0.15, 0.2) is 84.5 Å². The molecule has 2 aromatic carbocycles. The monoisotopic (exact) mass is 596 g/mol. The number of thiazole rings is 1. The fourth-order valence-electron chi connectivity index (χ4n) is 4.28. The number of hydrogen-bond acceptors (Lipinski definition) is 6.